The molecule has 2 rings (SSSR count). The van der Waals surface area contributed by atoms with Gasteiger partial charge in [-0.15, -0.1) is 0 Å². The molecule has 1 aliphatic rings. The monoisotopic (exact) mass is 333 g/mol. The lowest BCUT2D eigenvalue weighted by Gasteiger charge is -2.28. The molecule has 134 valence electrons. The van der Waals surface area contributed by atoms with Crippen molar-refractivity contribution in [2.24, 2.45) is 0 Å². The first kappa shape index (κ1) is 18.6. The lowest BCUT2D eigenvalue weighted by molar-refractivity contribution is 0.0238. The molecule has 1 heterocycles. The van der Waals surface area contributed by atoms with Gasteiger partial charge >= 0.3 is 6.09 Å². The van der Waals surface area contributed by atoms with Crippen LogP contribution in [-0.4, -0.2) is 56.4 Å². The lowest BCUT2D eigenvalue weighted by atomic mass is 10.1. The Kier molecular flexibility index (Phi) is 6.10. The first-order chi connectivity index (χ1) is 11.3. The van der Waals surface area contributed by atoms with Crippen LogP contribution in [0.2, 0.25) is 0 Å². The topological polar surface area (TPSA) is 44.8 Å². The summed E-state index contributed by atoms with van der Waals surface area (Å²) in [5.41, 5.74) is 2.12. The zero-order valence-electron chi connectivity index (χ0n) is 15.6. The van der Waals surface area contributed by atoms with E-state index in [4.69, 9.17) is 4.74 Å². The molecule has 1 aromatic carbocycles. The Morgan fingerprint density at radius 3 is 2.58 bits per heavy atom. The Bertz CT molecular complexity index is 537. The number of likely N-dealkylation sites (N-methyl/N-ethyl adjacent to an activating group) is 2. The molecule has 0 unspecified atom stereocenters. The molecule has 0 saturated carbocycles. The third-order valence-electron chi connectivity index (χ3n) is 4.36. The van der Waals surface area contributed by atoms with E-state index in [-0.39, 0.29) is 12.1 Å². The molecule has 0 spiro atoms. The maximum absolute atomic E-state index is 12.2. The molecule has 5 heteroatoms. The predicted molar refractivity (Wildman–Crippen MR) is 98.7 cm³/mol. The summed E-state index contributed by atoms with van der Waals surface area (Å²) >= 11 is 0. The van der Waals surface area contributed by atoms with E-state index in [9.17, 15) is 4.79 Å². The van der Waals surface area contributed by atoms with Gasteiger partial charge in [-0.3, -0.25) is 0 Å². The molecule has 1 atom stereocenters. The van der Waals surface area contributed by atoms with E-state index >= 15 is 0 Å². The molecule has 24 heavy (non-hydrogen) atoms. The fraction of sp³-hybridized carbons (Fsp3) is 0.632. The second-order valence-corrected chi connectivity index (χ2v) is 7.50. The van der Waals surface area contributed by atoms with Crippen LogP contribution in [0.5, 0.6) is 0 Å². The lowest BCUT2D eigenvalue weighted by Crippen LogP contribution is -2.42. The van der Waals surface area contributed by atoms with Crippen LogP contribution >= 0.6 is 0 Å². The number of benzene rings is 1. The number of nitrogens with one attached hydrogen (secondary N) is 1. The van der Waals surface area contributed by atoms with Gasteiger partial charge in [-0.1, -0.05) is 12.1 Å². The van der Waals surface area contributed by atoms with Crippen LogP contribution in [0.15, 0.2) is 24.3 Å². The van der Waals surface area contributed by atoms with Gasteiger partial charge in [-0.25, -0.2) is 4.79 Å². The van der Waals surface area contributed by atoms with E-state index < -0.39 is 5.60 Å². The molecule has 1 fully saturated rings. The molecule has 5 nitrogen and oxygen atoms in total. The maximum atomic E-state index is 12.2. The number of ether oxygens (including phenoxy) is 1. The highest BCUT2D eigenvalue weighted by Crippen LogP contribution is 2.24. The second kappa shape index (κ2) is 7.88. The van der Waals surface area contributed by atoms with Crippen molar-refractivity contribution in [3.63, 3.8) is 0 Å². The van der Waals surface area contributed by atoms with E-state index in [2.05, 4.69) is 34.5 Å². The zero-order valence-corrected chi connectivity index (χ0v) is 15.6. The minimum absolute atomic E-state index is 0.198. The molecule has 1 amide bonds. The van der Waals surface area contributed by atoms with E-state index in [1.165, 1.54) is 11.3 Å². The number of hydrogen-bond donors (Lipinski definition) is 1. The summed E-state index contributed by atoms with van der Waals surface area (Å²) < 4.78 is 5.47. The van der Waals surface area contributed by atoms with Gasteiger partial charge in [0.25, 0.3) is 0 Å². The average Bonchev–Trinajstić information content (AvgIpc) is 3.01. The summed E-state index contributed by atoms with van der Waals surface area (Å²) in [5.74, 6) is 0. The van der Waals surface area contributed by atoms with Crippen LogP contribution in [0.1, 0.15) is 32.8 Å². The molecule has 0 aliphatic carbocycles. The Morgan fingerprint density at radius 2 is 2.00 bits per heavy atom. The summed E-state index contributed by atoms with van der Waals surface area (Å²) in [6, 6.07) is 8.94. The molecular weight excluding hydrogens is 302 g/mol. The van der Waals surface area contributed by atoms with Gasteiger partial charge in [0.15, 0.2) is 0 Å². The first-order valence-corrected chi connectivity index (χ1v) is 8.74. The number of nitrogens with zero attached hydrogens (tertiary/aromatic N) is 2. The Hall–Kier alpha value is -1.75. The van der Waals surface area contributed by atoms with Crippen molar-refractivity contribution in [2.45, 2.75) is 45.3 Å². The highest BCUT2D eigenvalue weighted by molar-refractivity contribution is 5.68. The standard InChI is InChI=1S/C19H31N3O2/c1-19(2,3)24-18(23)21(5)17-11-13-22(14-17)16-8-6-15(7-9-16)10-12-20-4/h6-9,17,20H,10-14H2,1-5H3/t17-/m1/s1. The van der Waals surface area contributed by atoms with E-state index in [0.29, 0.717) is 0 Å². The van der Waals surface area contributed by atoms with Crippen molar-refractivity contribution < 1.29 is 9.53 Å². The van der Waals surface area contributed by atoms with Crippen molar-refractivity contribution in [3.8, 4) is 0 Å². The van der Waals surface area contributed by atoms with Crippen molar-refractivity contribution in [3.05, 3.63) is 29.8 Å². The maximum Gasteiger partial charge on any atom is 0.410 e. The van der Waals surface area contributed by atoms with Crippen molar-refractivity contribution in [2.75, 3.05) is 38.6 Å². The van der Waals surface area contributed by atoms with Gasteiger partial charge in [0.2, 0.25) is 0 Å². The summed E-state index contributed by atoms with van der Waals surface area (Å²) in [4.78, 5) is 16.3. The predicted octanol–water partition coefficient (Wildman–Crippen LogP) is 2.89. The highest BCUT2D eigenvalue weighted by Gasteiger charge is 2.31. The number of carbonyl (C=O) groups is 1. The first-order valence-electron chi connectivity index (χ1n) is 8.74. The third-order valence-corrected chi connectivity index (χ3v) is 4.36. The van der Waals surface area contributed by atoms with Gasteiger partial charge in [-0.05, 0) is 64.9 Å². The van der Waals surface area contributed by atoms with Gasteiger partial charge in [-0.2, -0.15) is 0 Å². The van der Waals surface area contributed by atoms with Crippen LogP contribution < -0.4 is 10.2 Å². The Labute approximate surface area is 146 Å². The molecule has 1 aromatic rings. The number of amides is 1. The molecule has 0 aromatic heterocycles. The number of rotatable bonds is 5. The number of hydrogen-bond acceptors (Lipinski definition) is 4. The van der Waals surface area contributed by atoms with Crippen molar-refractivity contribution >= 4 is 11.8 Å². The Morgan fingerprint density at radius 1 is 1.33 bits per heavy atom. The molecule has 0 radical (unpaired) electrons. The van der Waals surface area contributed by atoms with Gasteiger partial charge in [0.05, 0.1) is 6.04 Å². The summed E-state index contributed by atoms with van der Waals surface area (Å²) in [7, 11) is 3.81. The minimum atomic E-state index is -0.452. The van der Waals surface area contributed by atoms with Gasteiger partial charge < -0.3 is 19.9 Å². The smallest absolute Gasteiger partial charge is 0.410 e. The summed E-state index contributed by atoms with van der Waals surface area (Å²) in [5, 5.41) is 3.17. The van der Waals surface area contributed by atoms with Crippen LogP contribution in [0, 0.1) is 0 Å². The summed E-state index contributed by atoms with van der Waals surface area (Å²) in [6.07, 6.45) is 1.77. The molecule has 1 aliphatic heterocycles. The van der Waals surface area contributed by atoms with Crippen LogP contribution in [0.4, 0.5) is 10.5 Å². The molecule has 1 saturated heterocycles. The van der Waals surface area contributed by atoms with Crippen molar-refractivity contribution in [1.29, 1.82) is 0 Å². The highest BCUT2D eigenvalue weighted by atomic mass is 16.6. The van der Waals surface area contributed by atoms with Crippen LogP contribution in [0.25, 0.3) is 0 Å². The number of carbonyl (C=O) groups excluding carboxylic acids is 1. The van der Waals surface area contributed by atoms with E-state index in [1.54, 1.807) is 4.90 Å². The summed E-state index contributed by atoms with van der Waals surface area (Å²) in [6.45, 7) is 8.50. The second-order valence-electron chi connectivity index (χ2n) is 7.50. The number of anilines is 1. The Balaban J connectivity index is 1.91. The quantitative estimate of drug-likeness (QED) is 0.900. The molecule has 1 N–H and O–H groups in total. The molecular formula is C19H31N3O2. The van der Waals surface area contributed by atoms with Crippen LogP contribution in [-0.2, 0) is 11.2 Å². The minimum Gasteiger partial charge on any atom is -0.444 e. The third kappa shape index (κ3) is 5.13. The van der Waals surface area contributed by atoms with Crippen molar-refractivity contribution in [1.82, 2.24) is 10.2 Å². The van der Waals surface area contributed by atoms with E-state index in [0.717, 1.165) is 32.5 Å². The van der Waals surface area contributed by atoms with E-state index in [1.807, 2.05) is 34.9 Å². The fourth-order valence-corrected chi connectivity index (χ4v) is 2.92. The SMILES string of the molecule is CNCCc1ccc(N2CC[C@@H](N(C)C(=O)OC(C)(C)C)C2)cc1. The van der Waals surface area contributed by atoms with Crippen LogP contribution in [0.3, 0.4) is 0 Å². The zero-order chi connectivity index (χ0) is 17.7. The van der Waals surface area contributed by atoms with Gasteiger partial charge in [0, 0.05) is 25.8 Å². The molecule has 0 bridgehead atoms. The average molecular weight is 333 g/mol. The van der Waals surface area contributed by atoms with Gasteiger partial charge in [0.1, 0.15) is 5.60 Å². The fourth-order valence-electron chi connectivity index (χ4n) is 2.92. The largest absolute Gasteiger partial charge is 0.444 e. The normalized spacial score (nSPS) is 17.9.